The number of rotatable bonds is 6. The van der Waals surface area contributed by atoms with Crippen LogP contribution in [0.15, 0.2) is 16.6 Å². The molecule has 0 radical (unpaired) electrons. The molecule has 0 fully saturated rings. The Morgan fingerprint density at radius 2 is 2.12 bits per heavy atom. The molecule has 96 valence electrons. The van der Waals surface area contributed by atoms with Gasteiger partial charge in [-0.2, -0.15) is 0 Å². The molecule has 0 amide bonds. The Labute approximate surface area is 110 Å². The van der Waals surface area contributed by atoms with E-state index in [0.29, 0.717) is 22.2 Å². The molecule has 0 heterocycles. The van der Waals surface area contributed by atoms with E-state index < -0.39 is 6.10 Å². The number of hydrogen-bond donors (Lipinski definition) is 1. The number of aliphatic hydroxyl groups excluding tert-OH is 1. The Balaban J connectivity index is 2.84. The second kappa shape index (κ2) is 6.97. The number of hydrogen-bond acceptors (Lipinski definition) is 2. The summed E-state index contributed by atoms with van der Waals surface area (Å²) in [4.78, 5) is 0. The number of aliphatic hydroxyl groups is 1. The summed E-state index contributed by atoms with van der Waals surface area (Å²) in [5, 5.41) is 10.1. The van der Waals surface area contributed by atoms with Crippen LogP contribution in [0.25, 0.3) is 0 Å². The van der Waals surface area contributed by atoms with Crippen LogP contribution in [0.2, 0.25) is 0 Å². The fourth-order valence-electron chi connectivity index (χ4n) is 1.72. The first kappa shape index (κ1) is 14.5. The van der Waals surface area contributed by atoms with Crippen LogP contribution in [0.3, 0.4) is 0 Å². The van der Waals surface area contributed by atoms with Gasteiger partial charge in [-0.05, 0) is 28.4 Å². The molecule has 2 nitrogen and oxygen atoms in total. The molecule has 1 rings (SSSR count). The summed E-state index contributed by atoms with van der Waals surface area (Å²) in [6.45, 7) is 2.11. The first-order valence-electron chi connectivity index (χ1n) is 5.81. The number of benzene rings is 1. The van der Waals surface area contributed by atoms with E-state index in [1.807, 2.05) is 0 Å². The molecule has 1 aromatic carbocycles. The first-order chi connectivity index (χ1) is 8.10. The lowest BCUT2D eigenvalue weighted by atomic mass is 10.0. The third kappa shape index (κ3) is 3.96. The number of halogens is 2. The SMILES string of the molecule is CCCCCC(O)c1cc(Br)c(F)cc1OC. The highest BCUT2D eigenvalue weighted by atomic mass is 79.9. The van der Waals surface area contributed by atoms with Crippen molar-refractivity contribution in [3.8, 4) is 5.75 Å². The van der Waals surface area contributed by atoms with Gasteiger partial charge in [-0.25, -0.2) is 4.39 Å². The summed E-state index contributed by atoms with van der Waals surface area (Å²) in [6, 6.07) is 2.88. The van der Waals surface area contributed by atoms with Crippen molar-refractivity contribution in [3.63, 3.8) is 0 Å². The summed E-state index contributed by atoms with van der Waals surface area (Å²) in [5.74, 6) is 0.0149. The number of ether oxygens (including phenoxy) is 1. The van der Waals surface area contributed by atoms with Gasteiger partial charge in [0, 0.05) is 11.6 Å². The van der Waals surface area contributed by atoms with Gasteiger partial charge in [0.2, 0.25) is 0 Å². The molecular formula is C13H18BrFO2. The third-order valence-corrected chi connectivity index (χ3v) is 3.32. The Hall–Kier alpha value is -0.610. The van der Waals surface area contributed by atoms with Gasteiger partial charge in [0.05, 0.1) is 17.7 Å². The van der Waals surface area contributed by atoms with Gasteiger partial charge in [0.15, 0.2) is 0 Å². The molecular weight excluding hydrogens is 287 g/mol. The van der Waals surface area contributed by atoms with Crippen molar-refractivity contribution in [2.24, 2.45) is 0 Å². The fourth-order valence-corrected chi connectivity index (χ4v) is 2.09. The quantitative estimate of drug-likeness (QED) is 0.798. The van der Waals surface area contributed by atoms with Gasteiger partial charge < -0.3 is 9.84 Å². The monoisotopic (exact) mass is 304 g/mol. The van der Waals surface area contributed by atoms with Crippen LogP contribution in [-0.2, 0) is 0 Å². The molecule has 1 atom stereocenters. The molecule has 17 heavy (non-hydrogen) atoms. The molecule has 0 aliphatic carbocycles. The molecule has 0 aromatic heterocycles. The van der Waals surface area contributed by atoms with E-state index in [-0.39, 0.29) is 5.82 Å². The van der Waals surface area contributed by atoms with Crippen molar-refractivity contribution in [2.75, 3.05) is 7.11 Å². The van der Waals surface area contributed by atoms with E-state index in [1.54, 1.807) is 6.07 Å². The lowest BCUT2D eigenvalue weighted by Crippen LogP contribution is -2.02. The lowest BCUT2D eigenvalue weighted by molar-refractivity contribution is 0.159. The van der Waals surface area contributed by atoms with Crippen LogP contribution in [-0.4, -0.2) is 12.2 Å². The van der Waals surface area contributed by atoms with Crippen LogP contribution in [0.5, 0.6) is 5.75 Å². The van der Waals surface area contributed by atoms with Crippen LogP contribution >= 0.6 is 15.9 Å². The zero-order valence-electron chi connectivity index (χ0n) is 10.2. The van der Waals surface area contributed by atoms with Crippen molar-refractivity contribution in [1.29, 1.82) is 0 Å². The van der Waals surface area contributed by atoms with Crippen LogP contribution < -0.4 is 4.74 Å². The Kier molecular flexibility index (Phi) is 5.92. The summed E-state index contributed by atoms with van der Waals surface area (Å²) in [5.41, 5.74) is 0.636. The lowest BCUT2D eigenvalue weighted by Gasteiger charge is -2.15. The summed E-state index contributed by atoms with van der Waals surface area (Å²) < 4.78 is 18.7. The Bertz CT molecular complexity index is 369. The van der Waals surface area contributed by atoms with Crippen molar-refractivity contribution in [3.05, 3.63) is 28.0 Å². The highest BCUT2D eigenvalue weighted by Crippen LogP contribution is 2.32. The average Bonchev–Trinajstić information content (AvgIpc) is 2.32. The fraction of sp³-hybridized carbons (Fsp3) is 0.538. The van der Waals surface area contributed by atoms with E-state index in [1.165, 1.54) is 13.2 Å². The van der Waals surface area contributed by atoms with Gasteiger partial charge in [0.1, 0.15) is 11.6 Å². The minimum Gasteiger partial charge on any atom is -0.496 e. The average molecular weight is 305 g/mol. The second-order valence-electron chi connectivity index (χ2n) is 4.02. The summed E-state index contributed by atoms with van der Waals surface area (Å²) in [7, 11) is 1.48. The third-order valence-electron chi connectivity index (χ3n) is 2.71. The smallest absolute Gasteiger partial charge is 0.141 e. The normalized spacial score (nSPS) is 12.5. The van der Waals surface area contributed by atoms with E-state index in [4.69, 9.17) is 4.74 Å². The molecule has 4 heteroatoms. The van der Waals surface area contributed by atoms with Crippen molar-refractivity contribution < 1.29 is 14.2 Å². The van der Waals surface area contributed by atoms with E-state index in [9.17, 15) is 9.50 Å². The maximum absolute atomic E-state index is 13.3. The van der Waals surface area contributed by atoms with Gasteiger partial charge >= 0.3 is 0 Å². The molecule has 1 aromatic rings. The molecule has 0 aliphatic heterocycles. The molecule has 0 saturated heterocycles. The summed E-state index contributed by atoms with van der Waals surface area (Å²) in [6.07, 6.45) is 3.21. The van der Waals surface area contributed by atoms with E-state index >= 15 is 0 Å². The van der Waals surface area contributed by atoms with Crippen molar-refractivity contribution >= 4 is 15.9 Å². The summed E-state index contributed by atoms with van der Waals surface area (Å²) >= 11 is 3.12. The standard InChI is InChI=1S/C13H18BrFO2/c1-3-4-5-6-12(16)9-7-10(14)11(15)8-13(9)17-2/h7-8,12,16H,3-6H2,1-2H3. The van der Waals surface area contributed by atoms with Crippen LogP contribution in [0.4, 0.5) is 4.39 Å². The second-order valence-corrected chi connectivity index (χ2v) is 4.87. The zero-order chi connectivity index (χ0) is 12.8. The topological polar surface area (TPSA) is 29.5 Å². The number of methoxy groups -OCH3 is 1. The predicted octanol–water partition coefficient (Wildman–Crippen LogP) is 4.21. The van der Waals surface area contributed by atoms with Crippen molar-refractivity contribution in [1.82, 2.24) is 0 Å². The highest BCUT2D eigenvalue weighted by Gasteiger charge is 2.16. The van der Waals surface area contributed by atoms with Crippen LogP contribution in [0.1, 0.15) is 44.3 Å². The van der Waals surface area contributed by atoms with Gasteiger partial charge in [-0.3, -0.25) is 0 Å². The first-order valence-corrected chi connectivity index (χ1v) is 6.60. The number of unbranched alkanes of at least 4 members (excludes halogenated alkanes) is 2. The highest BCUT2D eigenvalue weighted by molar-refractivity contribution is 9.10. The van der Waals surface area contributed by atoms with Gasteiger partial charge in [0.25, 0.3) is 0 Å². The zero-order valence-corrected chi connectivity index (χ0v) is 11.8. The maximum atomic E-state index is 13.3. The minimum absolute atomic E-state index is 0.350. The van der Waals surface area contributed by atoms with Gasteiger partial charge in [-0.15, -0.1) is 0 Å². The molecule has 0 bridgehead atoms. The molecule has 1 N–H and O–H groups in total. The molecule has 1 unspecified atom stereocenters. The van der Waals surface area contributed by atoms with E-state index in [0.717, 1.165) is 19.3 Å². The van der Waals surface area contributed by atoms with E-state index in [2.05, 4.69) is 22.9 Å². The molecule has 0 saturated carbocycles. The van der Waals surface area contributed by atoms with Gasteiger partial charge in [-0.1, -0.05) is 26.2 Å². The Morgan fingerprint density at radius 3 is 2.71 bits per heavy atom. The maximum Gasteiger partial charge on any atom is 0.141 e. The largest absolute Gasteiger partial charge is 0.496 e. The Morgan fingerprint density at radius 1 is 1.41 bits per heavy atom. The predicted molar refractivity (Wildman–Crippen MR) is 69.8 cm³/mol. The van der Waals surface area contributed by atoms with Crippen molar-refractivity contribution in [2.45, 2.75) is 38.7 Å². The molecule has 0 spiro atoms. The molecule has 0 aliphatic rings. The van der Waals surface area contributed by atoms with Crippen LogP contribution in [0, 0.1) is 5.82 Å². The minimum atomic E-state index is -0.603.